The van der Waals surface area contributed by atoms with Crippen molar-refractivity contribution in [1.29, 1.82) is 0 Å². The van der Waals surface area contributed by atoms with Crippen LogP contribution in [0.3, 0.4) is 0 Å². The zero-order valence-corrected chi connectivity index (χ0v) is 13.2. The van der Waals surface area contributed by atoms with Crippen LogP contribution >= 0.6 is 0 Å². The van der Waals surface area contributed by atoms with Crippen LogP contribution in [-0.2, 0) is 10.8 Å². The molecular formula is C12H6N4O9S. The van der Waals surface area contributed by atoms with Crippen molar-refractivity contribution in [2.75, 3.05) is 0 Å². The lowest BCUT2D eigenvalue weighted by molar-refractivity contribution is -0.422. The minimum absolute atomic E-state index is 0.231. The molecule has 0 aliphatic rings. The van der Waals surface area contributed by atoms with E-state index < -0.39 is 53.2 Å². The number of nitro groups is 4. The van der Waals surface area contributed by atoms with Crippen LogP contribution in [0.1, 0.15) is 0 Å². The summed E-state index contributed by atoms with van der Waals surface area (Å²) in [5.74, 6) is 0. The van der Waals surface area contributed by atoms with Gasteiger partial charge in [0, 0.05) is 24.3 Å². The van der Waals surface area contributed by atoms with Crippen molar-refractivity contribution in [2.24, 2.45) is 0 Å². The van der Waals surface area contributed by atoms with Crippen LogP contribution in [0, 0.1) is 40.5 Å². The number of benzene rings is 2. The van der Waals surface area contributed by atoms with Gasteiger partial charge in [0.05, 0.1) is 40.3 Å². The van der Waals surface area contributed by atoms with Gasteiger partial charge in [-0.05, 0) is 12.1 Å². The van der Waals surface area contributed by atoms with Crippen molar-refractivity contribution in [3.05, 3.63) is 76.9 Å². The molecule has 0 bridgehead atoms. The standard InChI is InChI=1S/C12H6N4O9S/c17-13(18)9-3-1-7(5-11(9)15(21)22)26(25)8-2-4-10(14(19)20)12(6-8)16(23)24/h1-6H. The summed E-state index contributed by atoms with van der Waals surface area (Å²) >= 11 is 0. The van der Waals surface area contributed by atoms with Crippen LogP contribution in [0.4, 0.5) is 22.7 Å². The highest BCUT2D eigenvalue weighted by atomic mass is 32.2. The second kappa shape index (κ2) is 6.98. The first-order valence-electron chi connectivity index (χ1n) is 6.41. The summed E-state index contributed by atoms with van der Waals surface area (Å²) in [6, 6.07) is 4.97. The Balaban J connectivity index is 2.56. The molecule has 0 spiro atoms. The molecule has 2 aromatic carbocycles. The molecule has 0 radical (unpaired) electrons. The molecule has 0 saturated carbocycles. The van der Waals surface area contributed by atoms with E-state index in [1.54, 1.807) is 0 Å². The Morgan fingerprint density at radius 1 is 0.577 bits per heavy atom. The van der Waals surface area contributed by atoms with E-state index in [1.165, 1.54) is 0 Å². The Kier molecular flexibility index (Phi) is 4.97. The quantitative estimate of drug-likeness (QED) is 0.533. The number of hydrogen-bond donors (Lipinski definition) is 0. The first-order valence-corrected chi connectivity index (χ1v) is 7.56. The summed E-state index contributed by atoms with van der Waals surface area (Å²) in [5.41, 5.74) is -3.44. The van der Waals surface area contributed by atoms with Gasteiger partial charge in [0.25, 0.3) is 0 Å². The van der Waals surface area contributed by atoms with E-state index in [2.05, 4.69) is 0 Å². The second-order valence-electron chi connectivity index (χ2n) is 4.60. The third kappa shape index (κ3) is 3.48. The van der Waals surface area contributed by atoms with Gasteiger partial charge in [-0.2, -0.15) is 0 Å². The summed E-state index contributed by atoms with van der Waals surface area (Å²) in [7, 11) is -2.20. The molecule has 2 aromatic rings. The lowest BCUT2D eigenvalue weighted by Crippen LogP contribution is -2.01. The largest absolute Gasteiger partial charge is 0.347 e. The van der Waals surface area contributed by atoms with Crippen LogP contribution in [0.25, 0.3) is 0 Å². The fourth-order valence-corrected chi connectivity index (χ4v) is 3.07. The molecular weight excluding hydrogens is 376 g/mol. The topological polar surface area (TPSA) is 190 Å². The van der Waals surface area contributed by atoms with Crippen molar-refractivity contribution in [1.82, 2.24) is 0 Å². The average Bonchev–Trinajstić information content (AvgIpc) is 2.59. The monoisotopic (exact) mass is 382 g/mol. The van der Waals surface area contributed by atoms with Crippen LogP contribution in [0.15, 0.2) is 46.2 Å². The van der Waals surface area contributed by atoms with E-state index in [9.17, 15) is 44.7 Å². The molecule has 13 nitrogen and oxygen atoms in total. The fourth-order valence-electron chi connectivity index (χ4n) is 1.97. The third-order valence-electron chi connectivity index (χ3n) is 3.11. The molecule has 0 aromatic heterocycles. The molecule has 0 aliphatic heterocycles. The maximum absolute atomic E-state index is 12.5. The summed E-state index contributed by atoms with van der Waals surface area (Å²) in [5, 5.41) is 43.4. The summed E-state index contributed by atoms with van der Waals surface area (Å²) in [6.07, 6.45) is 0. The van der Waals surface area contributed by atoms with Gasteiger partial charge in [-0.3, -0.25) is 40.5 Å². The predicted octanol–water partition coefficient (Wildman–Crippen LogP) is 2.49. The number of rotatable bonds is 6. The maximum atomic E-state index is 12.5. The van der Waals surface area contributed by atoms with E-state index in [0.29, 0.717) is 12.1 Å². The summed E-state index contributed by atoms with van der Waals surface area (Å²) in [4.78, 5) is 39.0. The van der Waals surface area contributed by atoms with Crippen LogP contribution in [0.2, 0.25) is 0 Å². The minimum atomic E-state index is -2.20. The lowest BCUT2D eigenvalue weighted by Gasteiger charge is -2.03. The van der Waals surface area contributed by atoms with E-state index in [-0.39, 0.29) is 9.79 Å². The molecule has 14 heteroatoms. The smallest absolute Gasteiger partial charge is 0.258 e. The number of nitrogens with zero attached hydrogens (tertiary/aromatic N) is 4. The number of nitro benzene ring substituents is 4. The molecule has 0 unspecified atom stereocenters. The van der Waals surface area contributed by atoms with Crippen LogP contribution < -0.4 is 0 Å². The van der Waals surface area contributed by atoms with Crippen molar-refractivity contribution >= 4 is 33.5 Å². The van der Waals surface area contributed by atoms with Crippen molar-refractivity contribution in [2.45, 2.75) is 9.79 Å². The maximum Gasteiger partial charge on any atom is 0.347 e. The van der Waals surface area contributed by atoms with Gasteiger partial charge in [0.2, 0.25) is 0 Å². The molecule has 134 valence electrons. The first kappa shape index (κ1) is 18.5. The molecule has 2 rings (SSSR count). The molecule has 0 amide bonds. The average molecular weight is 382 g/mol. The third-order valence-corrected chi connectivity index (χ3v) is 4.47. The van der Waals surface area contributed by atoms with Gasteiger partial charge >= 0.3 is 22.7 Å². The Labute approximate surface area is 144 Å². The molecule has 0 N–H and O–H groups in total. The highest BCUT2D eigenvalue weighted by molar-refractivity contribution is 7.85. The molecule has 0 aliphatic carbocycles. The zero-order chi connectivity index (χ0) is 19.6. The van der Waals surface area contributed by atoms with E-state index in [0.717, 1.165) is 24.3 Å². The molecule has 26 heavy (non-hydrogen) atoms. The van der Waals surface area contributed by atoms with Crippen molar-refractivity contribution in [3.8, 4) is 0 Å². The zero-order valence-electron chi connectivity index (χ0n) is 12.3. The van der Waals surface area contributed by atoms with E-state index in [4.69, 9.17) is 0 Å². The van der Waals surface area contributed by atoms with Gasteiger partial charge in [-0.25, -0.2) is 4.21 Å². The second-order valence-corrected chi connectivity index (χ2v) is 6.08. The highest BCUT2D eigenvalue weighted by Gasteiger charge is 2.28. The van der Waals surface area contributed by atoms with Crippen molar-refractivity contribution in [3.63, 3.8) is 0 Å². The Hall–Kier alpha value is -3.81. The normalized spacial score (nSPS) is 10.5. The Morgan fingerprint density at radius 2 is 0.885 bits per heavy atom. The number of hydrogen-bond acceptors (Lipinski definition) is 9. The Morgan fingerprint density at radius 3 is 1.15 bits per heavy atom. The predicted molar refractivity (Wildman–Crippen MR) is 84.2 cm³/mol. The van der Waals surface area contributed by atoms with Gasteiger partial charge < -0.3 is 0 Å². The van der Waals surface area contributed by atoms with E-state index in [1.807, 2.05) is 0 Å². The summed E-state index contributed by atoms with van der Waals surface area (Å²) < 4.78 is 12.5. The van der Waals surface area contributed by atoms with Gasteiger partial charge in [0.15, 0.2) is 0 Å². The van der Waals surface area contributed by atoms with Gasteiger partial charge in [-0.15, -0.1) is 0 Å². The van der Waals surface area contributed by atoms with E-state index >= 15 is 0 Å². The summed E-state index contributed by atoms with van der Waals surface area (Å²) in [6.45, 7) is 0. The van der Waals surface area contributed by atoms with Gasteiger partial charge in [0.1, 0.15) is 0 Å². The van der Waals surface area contributed by atoms with Crippen LogP contribution in [-0.4, -0.2) is 23.9 Å². The lowest BCUT2D eigenvalue weighted by atomic mass is 10.3. The van der Waals surface area contributed by atoms with Gasteiger partial charge in [-0.1, -0.05) is 0 Å². The highest BCUT2D eigenvalue weighted by Crippen LogP contribution is 2.33. The van der Waals surface area contributed by atoms with Crippen LogP contribution in [0.5, 0.6) is 0 Å². The Bertz CT molecular complexity index is 913. The fraction of sp³-hybridized carbons (Fsp3) is 0. The molecule has 0 atom stereocenters. The SMILES string of the molecule is O=[N+]([O-])c1ccc(S(=O)c2ccc([N+](=O)[O-])c([N+](=O)[O-])c2)cc1[N+](=O)[O-]. The van der Waals surface area contributed by atoms with Crippen molar-refractivity contribution < 1.29 is 23.9 Å². The molecule has 0 heterocycles. The molecule has 0 saturated heterocycles. The first-order chi connectivity index (χ1) is 12.1. The molecule has 0 fully saturated rings. The minimum Gasteiger partial charge on any atom is -0.258 e.